The van der Waals surface area contributed by atoms with E-state index in [4.69, 9.17) is 0 Å². The minimum atomic E-state index is 0.0709. The van der Waals surface area contributed by atoms with Crippen molar-refractivity contribution in [1.29, 1.82) is 0 Å². The predicted molar refractivity (Wildman–Crippen MR) is 110 cm³/mol. The summed E-state index contributed by atoms with van der Waals surface area (Å²) in [6.45, 7) is 13.4. The van der Waals surface area contributed by atoms with Crippen LogP contribution < -0.4 is 5.32 Å². The molecule has 1 aliphatic rings. The highest BCUT2D eigenvalue weighted by molar-refractivity contribution is 5.93. The number of carbonyl (C=O) groups excluding carboxylic acids is 1. The van der Waals surface area contributed by atoms with E-state index in [0.29, 0.717) is 6.54 Å². The highest BCUT2D eigenvalue weighted by Gasteiger charge is 2.20. The van der Waals surface area contributed by atoms with Crippen molar-refractivity contribution in [3.63, 3.8) is 0 Å². The van der Waals surface area contributed by atoms with Gasteiger partial charge in [-0.1, -0.05) is 23.8 Å². The quantitative estimate of drug-likeness (QED) is 0.883. The van der Waals surface area contributed by atoms with E-state index >= 15 is 0 Å². The number of benzene rings is 1. The average Bonchev–Trinajstić information content (AvgIpc) is 2.62. The Morgan fingerprint density at radius 3 is 2.30 bits per heavy atom. The van der Waals surface area contributed by atoms with Gasteiger partial charge < -0.3 is 5.32 Å². The van der Waals surface area contributed by atoms with Crippen LogP contribution in [0.4, 0.5) is 5.69 Å². The third-order valence-corrected chi connectivity index (χ3v) is 5.28. The predicted octanol–water partition coefficient (Wildman–Crippen LogP) is 3.07. The number of nitrogens with zero attached hydrogens (tertiary/aromatic N) is 3. The summed E-state index contributed by atoms with van der Waals surface area (Å²) in [5.41, 5.74) is 6.81. The summed E-state index contributed by atoms with van der Waals surface area (Å²) in [5, 5.41) is 3.11. The second-order valence-electron chi connectivity index (χ2n) is 7.62. The second kappa shape index (κ2) is 8.63. The highest BCUT2D eigenvalue weighted by atomic mass is 16.2. The molecule has 1 N–H and O–H groups in total. The van der Waals surface area contributed by atoms with Crippen LogP contribution in [0.15, 0.2) is 30.5 Å². The van der Waals surface area contributed by atoms with Crippen molar-refractivity contribution in [1.82, 2.24) is 14.8 Å². The fourth-order valence-corrected chi connectivity index (χ4v) is 3.79. The van der Waals surface area contributed by atoms with Crippen molar-refractivity contribution in [3.8, 4) is 0 Å². The molecular formula is C22H30N4O. The van der Waals surface area contributed by atoms with Crippen LogP contribution >= 0.6 is 0 Å². The second-order valence-corrected chi connectivity index (χ2v) is 7.62. The van der Waals surface area contributed by atoms with E-state index in [1.807, 2.05) is 12.3 Å². The third-order valence-electron chi connectivity index (χ3n) is 5.28. The maximum absolute atomic E-state index is 12.5. The normalized spacial score (nSPS) is 15.7. The smallest absolute Gasteiger partial charge is 0.238 e. The van der Waals surface area contributed by atoms with Gasteiger partial charge in [-0.25, -0.2) is 0 Å². The summed E-state index contributed by atoms with van der Waals surface area (Å²) in [6.07, 6.45) is 1.84. The number of piperazine rings is 1. The van der Waals surface area contributed by atoms with Crippen LogP contribution in [0, 0.1) is 27.7 Å². The van der Waals surface area contributed by atoms with E-state index in [2.05, 4.69) is 66.0 Å². The Morgan fingerprint density at radius 1 is 1.04 bits per heavy atom. The van der Waals surface area contributed by atoms with Gasteiger partial charge in [-0.3, -0.25) is 19.6 Å². The molecule has 0 saturated carbocycles. The van der Waals surface area contributed by atoms with Crippen molar-refractivity contribution in [2.75, 3.05) is 38.0 Å². The number of amides is 1. The zero-order valence-electron chi connectivity index (χ0n) is 16.9. The molecule has 1 amide bonds. The van der Waals surface area contributed by atoms with Gasteiger partial charge >= 0.3 is 0 Å². The number of hydrogen-bond donors (Lipinski definition) is 1. The molecule has 0 radical (unpaired) electrons. The summed E-state index contributed by atoms with van der Waals surface area (Å²) in [6, 6.07) is 8.37. The SMILES string of the molecule is Cc1cc(C)c(NC(=O)CN2CCN(Cc3cccnc3C)CC2)c(C)c1. The Kier molecular flexibility index (Phi) is 6.24. The molecule has 0 bridgehead atoms. The topological polar surface area (TPSA) is 48.5 Å². The number of rotatable bonds is 5. The first-order valence-electron chi connectivity index (χ1n) is 9.65. The number of carbonyl (C=O) groups is 1. The van der Waals surface area contributed by atoms with Gasteiger partial charge in [-0.05, 0) is 50.5 Å². The molecule has 1 fully saturated rings. The summed E-state index contributed by atoms with van der Waals surface area (Å²) >= 11 is 0. The molecule has 5 heteroatoms. The Labute approximate surface area is 162 Å². The van der Waals surface area contributed by atoms with Crippen LogP contribution in [0.2, 0.25) is 0 Å². The van der Waals surface area contributed by atoms with E-state index in [1.165, 1.54) is 11.1 Å². The van der Waals surface area contributed by atoms with Gasteiger partial charge in [0.25, 0.3) is 0 Å². The van der Waals surface area contributed by atoms with E-state index in [0.717, 1.165) is 55.2 Å². The number of anilines is 1. The van der Waals surface area contributed by atoms with Crippen LogP contribution in [0.5, 0.6) is 0 Å². The van der Waals surface area contributed by atoms with Gasteiger partial charge in [-0.15, -0.1) is 0 Å². The zero-order chi connectivity index (χ0) is 19.4. The zero-order valence-corrected chi connectivity index (χ0v) is 16.9. The molecule has 0 unspecified atom stereocenters. The van der Waals surface area contributed by atoms with Gasteiger partial charge in [0, 0.05) is 50.3 Å². The minimum absolute atomic E-state index is 0.0709. The molecule has 3 rings (SSSR count). The summed E-state index contributed by atoms with van der Waals surface area (Å²) in [7, 11) is 0. The monoisotopic (exact) mass is 366 g/mol. The number of nitrogens with one attached hydrogen (secondary N) is 1. The van der Waals surface area contributed by atoms with Gasteiger partial charge in [0.1, 0.15) is 0 Å². The molecule has 27 heavy (non-hydrogen) atoms. The van der Waals surface area contributed by atoms with Crippen molar-refractivity contribution in [2.24, 2.45) is 0 Å². The molecule has 144 valence electrons. The van der Waals surface area contributed by atoms with Gasteiger partial charge in [0.2, 0.25) is 5.91 Å². The maximum Gasteiger partial charge on any atom is 0.238 e. The first-order valence-corrected chi connectivity index (χ1v) is 9.65. The van der Waals surface area contributed by atoms with Crippen molar-refractivity contribution in [3.05, 3.63) is 58.4 Å². The first-order chi connectivity index (χ1) is 12.9. The lowest BCUT2D eigenvalue weighted by Crippen LogP contribution is -2.48. The summed E-state index contributed by atoms with van der Waals surface area (Å²) in [5.74, 6) is 0.0709. The lowest BCUT2D eigenvalue weighted by atomic mass is 10.1. The molecule has 2 heterocycles. The van der Waals surface area contributed by atoms with Gasteiger partial charge in [0.15, 0.2) is 0 Å². The van der Waals surface area contributed by atoms with Crippen LogP contribution in [0.25, 0.3) is 0 Å². The molecule has 2 aromatic rings. The number of aryl methyl sites for hydroxylation is 4. The molecule has 1 aliphatic heterocycles. The maximum atomic E-state index is 12.5. The molecule has 0 atom stereocenters. The average molecular weight is 367 g/mol. The van der Waals surface area contributed by atoms with Crippen LogP contribution in [0.1, 0.15) is 27.9 Å². The summed E-state index contributed by atoms with van der Waals surface area (Å²) in [4.78, 5) is 21.6. The number of hydrogen-bond acceptors (Lipinski definition) is 4. The van der Waals surface area contributed by atoms with Crippen molar-refractivity contribution in [2.45, 2.75) is 34.2 Å². The van der Waals surface area contributed by atoms with Crippen molar-refractivity contribution < 1.29 is 4.79 Å². The highest BCUT2D eigenvalue weighted by Crippen LogP contribution is 2.22. The van der Waals surface area contributed by atoms with Crippen LogP contribution in [-0.2, 0) is 11.3 Å². The van der Waals surface area contributed by atoms with Gasteiger partial charge in [0.05, 0.1) is 6.54 Å². The van der Waals surface area contributed by atoms with Crippen LogP contribution in [0.3, 0.4) is 0 Å². The first kappa shape index (κ1) is 19.5. The minimum Gasteiger partial charge on any atom is -0.324 e. The lowest BCUT2D eigenvalue weighted by Gasteiger charge is -2.34. The Balaban J connectivity index is 1.49. The molecule has 0 aliphatic carbocycles. The summed E-state index contributed by atoms with van der Waals surface area (Å²) < 4.78 is 0. The Bertz CT molecular complexity index is 787. The molecule has 1 saturated heterocycles. The molecule has 0 spiro atoms. The Morgan fingerprint density at radius 2 is 1.67 bits per heavy atom. The molecule has 1 aromatic heterocycles. The number of aromatic nitrogens is 1. The number of pyridine rings is 1. The molecule has 5 nitrogen and oxygen atoms in total. The largest absolute Gasteiger partial charge is 0.324 e. The van der Waals surface area contributed by atoms with E-state index in [9.17, 15) is 4.79 Å². The van der Waals surface area contributed by atoms with Crippen LogP contribution in [-0.4, -0.2) is 53.4 Å². The fourth-order valence-electron chi connectivity index (χ4n) is 3.79. The standard InChI is InChI=1S/C22H30N4O/c1-16-12-17(2)22(18(3)13-16)24-21(27)15-26-10-8-25(9-11-26)14-20-6-5-7-23-19(20)4/h5-7,12-13H,8-11,14-15H2,1-4H3,(H,24,27). The van der Waals surface area contributed by atoms with E-state index in [1.54, 1.807) is 0 Å². The molecule has 1 aromatic carbocycles. The molecular weight excluding hydrogens is 336 g/mol. The van der Waals surface area contributed by atoms with Gasteiger partial charge in [-0.2, -0.15) is 0 Å². The Hall–Kier alpha value is -2.24. The third kappa shape index (κ3) is 5.15. The fraction of sp³-hybridized carbons (Fsp3) is 0.455. The lowest BCUT2D eigenvalue weighted by molar-refractivity contribution is -0.117. The van der Waals surface area contributed by atoms with E-state index < -0.39 is 0 Å². The van der Waals surface area contributed by atoms with Crippen molar-refractivity contribution >= 4 is 11.6 Å². The van der Waals surface area contributed by atoms with E-state index in [-0.39, 0.29) is 5.91 Å².